The van der Waals surface area contributed by atoms with E-state index >= 15 is 0 Å². The van der Waals surface area contributed by atoms with Crippen LogP contribution in [0.1, 0.15) is 24.0 Å². The van der Waals surface area contributed by atoms with Gasteiger partial charge in [0.25, 0.3) is 0 Å². The van der Waals surface area contributed by atoms with Gasteiger partial charge in [-0.15, -0.1) is 0 Å². The minimum absolute atomic E-state index is 0.154. The molecule has 1 heterocycles. The van der Waals surface area contributed by atoms with Gasteiger partial charge in [-0.3, -0.25) is 13.9 Å². The van der Waals surface area contributed by atoms with Crippen LogP contribution < -0.4 is 14.4 Å². The number of benzene rings is 2. The third kappa shape index (κ3) is 6.14. The molecule has 0 aliphatic carbocycles. The van der Waals surface area contributed by atoms with Crippen LogP contribution in [0.2, 0.25) is 5.02 Å². The van der Waals surface area contributed by atoms with Gasteiger partial charge in [0, 0.05) is 31.1 Å². The van der Waals surface area contributed by atoms with Gasteiger partial charge in [0.2, 0.25) is 21.8 Å². The molecule has 0 atom stereocenters. The number of anilines is 1. The standard InChI is InChI=1S/C22H26ClN3O5S/c1-31-20-9-8-18(23)12-19(20)26(32(2,29)30)15-21(27)24-13-16-5-3-6-17(11-16)14-25-10-4-7-22(25)28/h3,5-6,8-9,11-12H,4,7,10,13-15H2,1-2H3,(H,24,27). The first-order valence-electron chi connectivity index (χ1n) is 10.1. The van der Waals surface area contributed by atoms with Crippen molar-refractivity contribution < 1.29 is 22.7 Å². The molecule has 0 bridgehead atoms. The largest absolute Gasteiger partial charge is 0.495 e. The first kappa shape index (κ1) is 23.9. The molecule has 0 aromatic heterocycles. The van der Waals surface area contributed by atoms with Gasteiger partial charge in [0.05, 0.1) is 19.1 Å². The monoisotopic (exact) mass is 479 g/mol. The number of sulfonamides is 1. The van der Waals surface area contributed by atoms with Crippen molar-refractivity contribution in [2.24, 2.45) is 0 Å². The number of hydrogen-bond acceptors (Lipinski definition) is 5. The normalized spacial score (nSPS) is 13.8. The number of halogens is 1. The molecule has 0 spiro atoms. The number of amides is 2. The highest BCUT2D eigenvalue weighted by Gasteiger charge is 2.24. The first-order chi connectivity index (χ1) is 15.2. The first-order valence-corrected chi connectivity index (χ1v) is 12.3. The van der Waals surface area contributed by atoms with E-state index in [2.05, 4.69) is 5.32 Å². The molecule has 1 N–H and O–H groups in total. The fourth-order valence-corrected chi connectivity index (χ4v) is 4.57. The molecule has 32 heavy (non-hydrogen) atoms. The van der Waals surface area contributed by atoms with E-state index in [9.17, 15) is 18.0 Å². The van der Waals surface area contributed by atoms with Crippen LogP contribution >= 0.6 is 11.6 Å². The molecule has 172 valence electrons. The Bertz CT molecular complexity index is 1110. The molecule has 10 heteroatoms. The molecule has 1 fully saturated rings. The van der Waals surface area contributed by atoms with Gasteiger partial charge in [-0.25, -0.2) is 8.42 Å². The lowest BCUT2D eigenvalue weighted by Crippen LogP contribution is -2.40. The van der Waals surface area contributed by atoms with Crippen LogP contribution in [0.4, 0.5) is 5.69 Å². The van der Waals surface area contributed by atoms with Gasteiger partial charge in [0.15, 0.2) is 0 Å². The van der Waals surface area contributed by atoms with Gasteiger partial charge in [-0.2, -0.15) is 0 Å². The van der Waals surface area contributed by atoms with Crippen molar-refractivity contribution in [2.45, 2.75) is 25.9 Å². The Hall–Kier alpha value is -2.78. The van der Waals surface area contributed by atoms with E-state index in [-0.39, 0.29) is 23.9 Å². The van der Waals surface area contributed by atoms with E-state index in [1.54, 1.807) is 12.1 Å². The minimum atomic E-state index is -3.77. The molecule has 2 amide bonds. The number of likely N-dealkylation sites (tertiary alicyclic amines) is 1. The zero-order valence-electron chi connectivity index (χ0n) is 18.0. The lowest BCUT2D eigenvalue weighted by atomic mass is 10.1. The Morgan fingerprint density at radius 3 is 2.62 bits per heavy atom. The van der Waals surface area contributed by atoms with Crippen LogP contribution in [0.15, 0.2) is 42.5 Å². The van der Waals surface area contributed by atoms with E-state index < -0.39 is 22.5 Å². The SMILES string of the molecule is COc1ccc(Cl)cc1N(CC(=O)NCc1cccc(CN2CCCC2=O)c1)S(C)(=O)=O. The molecule has 0 radical (unpaired) electrons. The van der Waals surface area contributed by atoms with Crippen molar-refractivity contribution in [1.82, 2.24) is 10.2 Å². The summed E-state index contributed by atoms with van der Waals surface area (Å²) in [4.78, 5) is 26.3. The van der Waals surface area contributed by atoms with Gasteiger partial charge < -0.3 is 15.0 Å². The summed E-state index contributed by atoms with van der Waals surface area (Å²) in [5.41, 5.74) is 2.03. The summed E-state index contributed by atoms with van der Waals surface area (Å²) >= 11 is 6.03. The van der Waals surface area contributed by atoms with Crippen LogP contribution in [-0.2, 0) is 32.7 Å². The predicted octanol–water partition coefficient (Wildman–Crippen LogP) is 2.55. The van der Waals surface area contributed by atoms with Gasteiger partial charge in [-0.05, 0) is 35.7 Å². The number of methoxy groups -OCH3 is 1. The zero-order chi connectivity index (χ0) is 23.3. The van der Waals surface area contributed by atoms with Crippen LogP contribution in [0, 0.1) is 0 Å². The van der Waals surface area contributed by atoms with Crippen molar-refractivity contribution in [3.8, 4) is 5.75 Å². The Morgan fingerprint density at radius 1 is 1.22 bits per heavy atom. The fourth-order valence-electron chi connectivity index (χ4n) is 3.56. The molecule has 0 unspecified atom stereocenters. The summed E-state index contributed by atoms with van der Waals surface area (Å²) in [5.74, 6) is -0.0321. The zero-order valence-corrected chi connectivity index (χ0v) is 19.6. The maximum Gasteiger partial charge on any atom is 0.241 e. The maximum absolute atomic E-state index is 12.6. The average molecular weight is 480 g/mol. The van der Waals surface area contributed by atoms with Crippen LogP contribution in [0.25, 0.3) is 0 Å². The Balaban J connectivity index is 1.67. The molecular weight excluding hydrogens is 454 g/mol. The highest BCUT2D eigenvalue weighted by atomic mass is 35.5. The van der Waals surface area contributed by atoms with Crippen molar-refractivity contribution >= 4 is 39.1 Å². The van der Waals surface area contributed by atoms with E-state index in [1.807, 2.05) is 29.2 Å². The lowest BCUT2D eigenvalue weighted by molar-refractivity contribution is -0.128. The highest BCUT2D eigenvalue weighted by Crippen LogP contribution is 2.32. The Labute approximate surface area is 193 Å². The topological polar surface area (TPSA) is 96.0 Å². The smallest absolute Gasteiger partial charge is 0.241 e. The third-order valence-corrected chi connectivity index (χ3v) is 6.48. The molecule has 0 saturated carbocycles. The van der Waals surface area contributed by atoms with E-state index in [4.69, 9.17) is 16.3 Å². The molecule has 2 aromatic rings. The number of carbonyl (C=O) groups is 2. The number of carbonyl (C=O) groups excluding carboxylic acids is 2. The van der Waals surface area contributed by atoms with Crippen LogP contribution in [-0.4, -0.2) is 51.6 Å². The predicted molar refractivity (Wildman–Crippen MR) is 123 cm³/mol. The van der Waals surface area contributed by atoms with Gasteiger partial charge in [0.1, 0.15) is 12.3 Å². The number of nitrogens with one attached hydrogen (secondary N) is 1. The number of rotatable bonds is 9. The molecule has 8 nitrogen and oxygen atoms in total. The summed E-state index contributed by atoms with van der Waals surface area (Å²) in [6.45, 7) is 1.10. The van der Waals surface area contributed by atoms with Crippen molar-refractivity contribution in [3.63, 3.8) is 0 Å². The number of hydrogen-bond donors (Lipinski definition) is 1. The van der Waals surface area contributed by atoms with E-state index in [0.29, 0.717) is 18.0 Å². The van der Waals surface area contributed by atoms with Gasteiger partial charge in [-0.1, -0.05) is 35.9 Å². The summed E-state index contributed by atoms with van der Waals surface area (Å²) in [6, 6.07) is 12.2. The van der Waals surface area contributed by atoms with Crippen molar-refractivity contribution in [1.29, 1.82) is 0 Å². The third-order valence-electron chi connectivity index (χ3n) is 5.12. The number of nitrogens with zero attached hydrogens (tertiary/aromatic N) is 2. The fraction of sp³-hybridized carbons (Fsp3) is 0.364. The maximum atomic E-state index is 12.6. The van der Waals surface area contributed by atoms with Crippen LogP contribution in [0.5, 0.6) is 5.75 Å². The molecule has 1 aliphatic heterocycles. The second-order valence-corrected chi connectivity index (χ2v) is 9.94. The quantitative estimate of drug-likeness (QED) is 0.596. The highest BCUT2D eigenvalue weighted by molar-refractivity contribution is 7.92. The van der Waals surface area contributed by atoms with Crippen molar-refractivity contribution in [3.05, 3.63) is 58.6 Å². The molecule has 3 rings (SSSR count). The summed E-state index contributed by atoms with van der Waals surface area (Å²) in [7, 11) is -2.36. The number of ether oxygens (including phenoxy) is 1. The molecular formula is C22H26ClN3O5S. The molecule has 1 aliphatic rings. The van der Waals surface area contributed by atoms with Gasteiger partial charge >= 0.3 is 0 Å². The molecule has 1 saturated heterocycles. The second kappa shape index (κ2) is 10.2. The average Bonchev–Trinajstić information content (AvgIpc) is 3.14. The Morgan fingerprint density at radius 2 is 1.97 bits per heavy atom. The molecule has 2 aromatic carbocycles. The van der Waals surface area contributed by atoms with E-state index in [0.717, 1.165) is 34.7 Å². The second-order valence-electron chi connectivity index (χ2n) is 7.60. The Kier molecular flexibility index (Phi) is 7.63. The minimum Gasteiger partial charge on any atom is -0.495 e. The van der Waals surface area contributed by atoms with E-state index in [1.165, 1.54) is 13.2 Å². The summed E-state index contributed by atoms with van der Waals surface area (Å²) in [6.07, 6.45) is 2.48. The van der Waals surface area contributed by atoms with Crippen molar-refractivity contribution in [2.75, 3.05) is 30.8 Å². The lowest BCUT2D eigenvalue weighted by Gasteiger charge is -2.24. The summed E-state index contributed by atoms with van der Waals surface area (Å²) < 4.78 is 30.9. The summed E-state index contributed by atoms with van der Waals surface area (Å²) in [5, 5.41) is 3.08. The van der Waals surface area contributed by atoms with Crippen LogP contribution in [0.3, 0.4) is 0 Å².